The Hall–Kier alpha value is 0.440. The fraction of sp³-hybridized carbons (Fsp3) is 1.00. The Kier molecular flexibility index (Phi) is 4.46. The number of alkyl halides is 1. The summed E-state index contributed by atoms with van der Waals surface area (Å²) in [6, 6.07) is 0. The molecule has 1 aliphatic rings. The third kappa shape index (κ3) is 3.57. The summed E-state index contributed by atoms with van der Waals surface area (Å²) in [7, 11) is 0. The molecule has 2 heteroatoms. The first-order valence-electron chi connectivity index (χ1n) is 4.61. The standard InChI is InChI=1S/C9H18BrN/c1-9-4-2-6-11(8-9)7-3-5-10/h9H,2-8H2,1H3/t9-/m0/s1. The third-order valence-electron chi connectivity index (χ3n) is 2.35. The van der Waals surface area contributed by atoms with Gasteiger partial charge in [0, 0.05) is 11.9 Å². The zero-order chi connectivity index (χ0) is 8.10. The Labute approximate surface area is 78.3 Å². The maximum atomic E-state index is 3.46. The van der Waals surface area contributed by atoms with E-state index < -0.39 is 0 Å². The normalized spacial score (nSPS) is 27.3. The molecule has 1 atom stereocenters. The van der Waals surface area contributed by atoms with Gasteiger partial charge in [0.15, 0.2) is 0 Å². The van der Waals surface area contributed by atoms with E-state index in [1.54, 1.807) is 0 Å². The van der Waals surface area contributed by atoms with E-state index in [1.165, 1.54) is 38.9 Å². The summed E-state index contributed by atoms with van der Waals surface area (Å²) >= 11 is 3.46. The lowest BCUT2D eigenvalue weighted by molar-refractivity contribution is 0.185. The van der Waals surface area contributed by atoms with Gasteiger partial charge in [0.2, 0.25) is 0 Å². The van der Waals surface area contributed by atoms with Gasteiger partial charge in [0.05, 0.1) is 0 Å². The molecule has 0 aromatic rings. The summed E-state index contributed by atoms with van der Waals surface area (Å²) < 4.78 is 0. The first-order valence-corrected chi connectivity index (χ1v) is 5.73. The molecule has 0 N–H and O–H groups in total. The number of hydrogen-bond donors (Lipinski definition) is 0. The van der Waals surface area contributed by atoms with Crippen LogP contribution in [-0.4, -0.2) is 29.9 Å². The molecule has 1 heterocycles. The van der Waals surface area contributed by atoms with Crippen LogP contribution in [-0.2, 0) is 0 Å². The molecule has 11 heavy (non-hydrogen) atoms. The zero-order valence-electron chi connectivity index (χ0n) is 7.35. The van der Waals surface area contributed by atoms with Crippen molar-refractivity contribution in [1.29, 1.82) is 0 Å². The number of hydrogen-bond acceptors (Lipinski definition) is 1. The maximum Gasteiger partial charge on any atom is 0.00434 e. The molecule has 1 rings (SSSR count). The first-order chi connectivity index (χ1) is 5.33. The van der Waals surface area contributed by atoms with Crippen molar-refractivity contribution >= 4 is 15.9 Å². The Bertz CT molecular complexity index is 106. The SMILES string of the molecule is C[C@H]1CCCN(CCCBr)C1. The molecular formula is C9H18BrN. The van der Waals surface area contributed by atoms with Gasteiger partial charge in [-0.2, -0.15) is 0 Å². The molecule has 66 valence electrons. The van der Waals surface area contributed by atoms with Crippen LogP contribution in [0.4, 0.5) is 0 Å². The van der Waals surface area contributed by atoms with E-state index in [0.29, 0.717) is 0 Å². The van der Waals surface area contributed by atoms with E-state index in [0.717, 1.165) is 11.2 Å². The molecule has 0 unspecified atom stereocenters. The second-order valence-corrected chi connectivity index (χ2v) is 4.38. The molecule has 1 fully saturated rings. The fourth-order valence-electron chi connectivity index (χ4n) is 1.77. The van der Waals surface area contributed by atoms with Crippen molar-refractivity contribution in [2.24, 2.45) is 5.92 Å². The van der Waals surface area contributed by atoms with Gasteiger partial charge in [0.1, 0.15) is 0 Å². The van der Waals surface area contributed by atoms with E-state index in [4.69, 9.17) is 0 Å². The van der Waals surface area contributed by atoms with Crippen molar-refractivity contribution in [1.82, 2.24) is 4.90 Å². The number of likely N-dealkylation sites (tertiary alicyclic amines) is 1. The van der Waals surface area contributed by atoms with Crippen molar-refractivity contribution in [2.75, 3.05) is 25.0 Å². The van der Waals surface area contributed by atoms with Gasteiger partial charge in [-0.05, 0) is 38.3 Å². The molecule has 0 bridgehead atoms. The Balaban J connectivity index is 2.12. The average molecular weight is 220 g/mol. The van der Waals surface area contributed by atoms with E-state index in [2.05, 4.69) is 27.8 Å². The molecule has 0 aliphatic carbocycles. The Morgan fingerprint density at radius 3 is 3.00 bits per heavy atom. The van der Waals surface area contributed by atoms with Crippen LogP contribution in [0.15, 0.2) is 0 Å². The molecule has 1 saturated heterocycles. The van der Waals surface area contributed by atoms with Crippen molar-refractivity contribution in [2.45, 2.75) is 26.2 Å². The summed E-state index contributed by atoms with van der Waals surface area (Å²) in [5, 5.41) is 1.15. The molecule has 0 saturated carbocycles. The van der Waals surface area contributed by atoms with Crippen molar-refractivity contribution in [3.8, 4) is 0 Å². The Morgan fingerprint density at radius 2 is 2.36 bits per heavy atom. The summed E-state index contributed by atoms with van der Waals surface area (Å²) in [6.45, 7) is 6.31. The summed E-state index contributed by atoms with van der Waals surface area (Å²) in [5.74, 6) is 0.930. The van der Waals surface area contributed by atoms with Crippen molar-refractivity contribution in [3.63, 3.8) is 0 Å². The van der Waals surface area contributed by atoms with Crippen LogP contribution in [0.2, 0.25) is 0 Å². The summed E-state index contributed by atoms with van der Waals surface area (Å²) in [6.07, 6.45) is 4.14. The smallest absolute Gasteiger partial charge is 0.00434 e. The van der Waals surface area contributed by atoms with Crippen LogP contribution in [0.25, 0.3) is 0 Å². The monoisotopic (exact) mass is 219 g/mol. The first kappa shape index (κ1) is 9.53. The van der Waals surface area contributed by atoms with Gasteiger partial charge >= 0.3 is 0 Å². The van der Waals surface area contributed by atoms with Gasteiger partial charge in [-0.1, -0.05) is 22.9 Å². The van der Waals surface area contributed by atoms with E-state index in [9.17, 15) is 0 Å². The number of rotatable bonds is 3. The van der Waals surface area contributed by atoms with Crippen LogP contribution in [0, 0.1) is 5.92 Å². The molecule has 0 amide bonds. The zero-order valence-corrected chi connectivity index (χ0v) is 8.94. The quantitative estimate of drug-likeness (QED) is 0.660. The van der Waals surface area contributed by atoms with Gasteiger partial charge in [-0.15, -0.1) is 0 Å². The highest BCUT2D eigenvalue weighted by Crippen LogP contribution is 2.15. The molecule has 0 aromatic heterocycles. The van der Waals surface area contributed by atoms with Crippen molar-refractivity contribution in [3.05, 3.63) is 0 Å². The predicted molar refractivity (Wildman–Crippen MR) is 53.2 cm³/mol. The third-order valence-corrected chi connectivity index (χ3v) is 2.91. The summed E-state index contributed by atoms with van der Waals surface area (Å²) in [5.41, 5.74) is 0. The van der Waals surface area contributed by atoms with Crippen LogP contribution in [0.1, 0.15) is 26.2 Å². The molecule has 0 spiro atoms. The highest BCUT2D eigenvalue weighted by molar-refractivity contribution is 9.09. The number of piperidine rings is 1. The van der Waals surface area contributed by atoms with Crippen molar-refractivity contribution < 1.29 is 0 Å². The molecule has 1 nitrogen and oxygen atoms in total. The lowest BCUT2D eigenvalue weighted by Crippen LogP contribution is -2.35. The highest BCUT2D eigenvalue weighted by Gasteiger charge is 2.14. The maximum absolute atomic E-state index is 3.46. The summed E-state index contributed by atoms with van der Waals surface area (Å²) in [4.78, 5) is 2.59. The topological polar surface area (TPSA) is 3.24 Å². The van der Waals surface area contributed by atoms with Crippen LogP contribution in [0.3, 0.4) is 0 Å². The second-order valence-electron chi connectivity index (χ2n) is 3.59. The Morgan fingerprint density at radius 1 is 1.55 bits per heavy atom. The second kappa shape index (κ2) is 5.15. The number of halogens is 1. The lowest BCUT2D eigenvalue weighted by atomic mass is 10.0. The average Bonchev–Trinajstić information content (AvgIpc) is 2.01. The molecular weight excluding hydrogens is 202 g/mol. The van der Waals surface area contributed by atoms with Gasteiger partial charge in [-0.3, -0.25) is 0 Å². The van der Waals surface area contributed by atoms with Crippen LogP contribution < -0.4 is 0 Å². The molecule has 0 aromatic carbocycles. The van der Waals surface area contributed by atoms with Crippen LogP contribution in [0.5, 0.6) is 0 Å². The van der Waals surface area contributed by atoms with Crippen LogP contribution >= 0.6 is 15.9 Å². The minimum atomic E-state index is 0.930. The van der Waals surface area contributed by atoms with Gasteiger partial charge in [-0.25, -0.2) is 0 Å². The van der Waals surface area contributed by atoms with E-state index in [1.807, 2.05) is 0 Å². The van der Waals surface area contributed by atoms with Gasteiger partial charge in [0.25, 0.3) is 0 Å². The van der Waals surface area contributed by atoms with E-state index in [-0.39, 0.29) is 0 Å². The fourth-order valence-corrected chi connectivity index (χ4v) is 2.02. The highest BCUT2D eigenvalue weighted by atomic mass is 79.9. The van der Waals surface area contributed by atoms with E-state index >= 15 is 0 Å². The minimum Gasteiger partial charge on any atom is -0.303 e. The predicted octanol–water partition coefficient (Wildman–Crippen LogP) is 2.50. The lowest BCUT2D eigenvalue weighted by Gasteiger charge is -2.30. The number of nitrogens with zero attached hydrogens (tertiary/aromatic N) is 1. The molecule has 1 aliphatic heterocycles. The molecule has 0 radical (unpaired) electrons. The minimum absolute atomic E-state index is 0.930. The largest absolute Gasteiger partial charge is 0.303 e. The van der Waals surface area contributed by atoms with Gasteiger partial charge < -0.3 is 4.90 Å².